The van der Waals surface area contributed by atoms with Crippen LogP contribution in [0.25, 0.3) is 0 Å². The highest BCUT2D eigenvalue weighted by molar-refractivity contribution is 5.17. The molecule has 0 bridgehead atoms. The van der Waals surface area contributed by atoms with Crippen molar-refractivity contribution in [3.05, 3.63) is 24.8 Å². The van der Waals surface area contributed by atoms with Gasteiger partial charge in [0.2, 0.25) is 0 Å². The predicted octanol–water partition coefficient (Wildman–Crippen LogP) is 4.23. The summed E-state index contributed by atoms with van der Waals surface area (Å²) in [7, 11) is 0. The van der Waals surface area contributed by atoms with Gasteiger partial charge in [-0.3, -0.25) is 0 Å². The first-order chi connectivity index (χ1) is 9.39. The molecule has 0 saturated heterocycles. The van der Waals surface area contributed by atoms with E-state index in [1.165, 1.54) is 5.57 Å². The highest BCUT2D eigenvalue weighted by Crippen LogP contribution is 2.62. The van der Waals surface area contributed by atoms with Crippen molar-refractivity contribution in [2.45, 2.75) is 58.0 Å². The predicted molar refractivity (Wildman–Crippen MR) is 81.9 cm³/mol. The largest absolute Gasteiger partial charge is 0.388 e. The molecule has 1 N–H and O–H groups in total. The molecule has 0 aromatic carbocycles. The molecule has 0 heterocycles. The van der Waals surface area contributed by atoms with E-state index in [-0.39, 0.29) is 11.8 Å². The van der Waals surface area contributed by atoms with Crippen LogP contribution in [0.1, 0.15) is 52.4 Å². The molecule has 2 rings (SSSR count). The zero-order chi connectivity index (χ0) is 15.0. The summed E-state index contributed by atoms with van der Waals surface area (Å²) in [4.78, 5) is 0. The first-order valence-corrected chi connectivity index (χ1v) is 7.77. The van der Waals surface area contributed by atoms with Gasteiger partial charge in [0, 0.05) is 5.41 Å². The van der Waals surface area contributed by atoms with Crippen molar-refractivity contribution in [3.8, 4) is 6.07 Å². The van der Waals surface area contributed by atoms with Gasteiger partial charge in [0.25, 0.3) is 0 Å². The van der Waals surface area contributed by atoms with Crippen molar-refractivity contribution < 1.29 is 5.11 Å². The van der Waals surface area contributed by atoms with Crippen molar-refractivity contribution in [1.29, 1.82) is 5.26 Å². The Hall–Kier alpha value is -1.07. The minimum Gasteiger partial charge on any atom is -0.388 e. The molecule has 5 atom stereocenters. The van der Waals surface area contributed by atoms with Crippen molar-refractivity contribution >= 4 is 0 Å². The quantitative estimate of drug-likeness (QED) is 0.779. The number of rotatable bonds is 4. The molecule has 2 aliphatic carbocycles. The van der Waals surface area contributed by atoms with E-state index in [0.717, 1.165) is 32.1 Å². The monoisotopic (exact) mass is 273 g/mol. The summed E-state index contributed by atoms with van der Waals surface area (Å²) in [6, 6.07) is 2.20. The van der Waals surface area contributed by atoms with Gasteiger partial charge < -0.3 is 5.11 Å². The summed E-state index contributed by atoms with van der Waals surface area (Å²) in [6.45, 7) is 12.6. The number of aliphatic hydroxyl groups is 1. The lowest BCUT2D eigenvalue weighted by Gasteiger charge is -2.50. The number of allylic oxidation sites excluding steroid dienone is 2. The zero-order valence-corrected chi connectivity index (χ0v) is 12.9. The van der Waals surface area contributed by atoms with E-state index in [1.54, 1.807) is 0 Å². The van der Waals surface area contributed by atoms with E-state index >= 15 is 0 Å². The van der Waals surface area contributed by atoms with Crippen LogP contribution in [-0.2, 0) is 0 Å². The summed E-state index contributed by atoms with van der Waals surface area (Å²) < 4.78 is 0. The van der Waals surface area contributed by atoms with Crippen LogP contribution < -0.4 is 0 Å². The van der Waals surface area contributed by atoms with Gasteiger partial charge in [0.05, 0.1) is 18.1 Å². The van der Waals surface area contributed by atoms with Crippen LogP contribution in [0.15, 0.2) is 24.8 Å². The third-order valence-corrected chi connectivity index (χ3v) is 6.30. The van der Waals surface area contributed by atoms with Gasteiger partial charge >= 0.3 is 0 Å². The van der Waals surface area contributed by atoms with Crippen LogP contribution in [0.3, 0.4) is 0 Å². The molecule has 0 radical (unpaired) electrons. The lowest BCUT2D eigenvalue weighted by Crippen LogP contribution is -2.50. The maximum absolute atomic E-state index is 10.9. The molecular weight excluding hydrogens is 246 g/mol. The molecule has 2 heteroatoms. The number of hydrogen-bond donors (Lipinski definition) is 1. The van der Waals surface area contributed by atoms with Gasteiger partial charge in [-0.05, 0) is 49.9 Å². The molecule has 0 unspecified atom stereocenters. The van der Waals surface area contributed by atoms with Crippen LogP contribution >= 0.6 is 0 Å². The molecule has 2 fully saturated rings. The highest BCUT2D eigenvalue weighted by Gasteiger charge is 2.60. The molecule has 0 aliphatic heterocycles. The normalized spacial score (nSPS) is 43.6. The second-order valence-corrected chi connectivity index (χ2v) is 7.08. The Morgan fingerprint density at radius 3 is 2.75 bits per heavy atom. The Balaban J connectivity index is 2.22. The number of fused-ring (bicyclic) bond motifs is 1. The van der Waals surface area contributed by atoms with E-state index in [9.17, 15) is 5.11 Å². The molecule has 20 heavy (non-hydrogen) atoms. The molecule has 2 saturated carbocycles. The van der Waals surface area contributed by atoms with Crippen LogP contribution in [0, 0.1) is 34.5 Å². The Kier molecular flexibility index (Phi) is 4.12. The molecule has 110 valence electrons. The number of nitriles is 1. The maximum Gasteiger partial charge on any atom is 0.0833 e. The summed E-state index contributed by atoms with van der Waals surface area (Å²) in [5.74, 6) is 1.57. The number of hydrogen-bond acceptors (Lipinski definition) is 2. The Morgan fingerprint density at radius 2 is 2.15 bits per heavy atom. The molecule has 2 aliphatic rings. The van der Waals surface area contributed by atoms with Gasteiger partial charge in [-0.2, -0.15) is 5.26 Å². The van der Waals surface area contributed by atoms with E-state index < -0.39 is 5.60 Å². The minimum absolute atomic E-state index is 0.104. The van der Waals surface area contributed by atoms with Gasteiger partial charge in [0.15, 0.2) is 0 Å². The average Bonchev–Trinajstić information content (AvgIpc) is 2.64. The Labute approximate surface area is 123 Å². The maximum atomic E-state index is 10.9. The number of nitrogens with zero attached hydrogens (tertiary/aromatic N) is 1. The highest BCUT2D eigenvalue weighted by atomic mass is 16.3. The fourth-order valence-electron chi connectivity index (χ4n) is 4.94. The standard InChI is InChI=1S/C18H27NO/c1-5-6-13(2)15-7-9-17(4)16(14(15)3)8-10-18(17,20)11-12-19/h5,14-16,20H,1-2,6-11H2,3-4H3/t14-,15-,16+,17+,18-/m1/s1. The van der Waals surface area contributed by atoms with Gasteiger partial charge in [0.1, 0.15) is 0 Å². The first kappa shape index (κ1) is 15.3. The fraction of sp³-hybridized carbons (Fsp3) is 0.722. The molecular formula is C18H27NO. The second kappa shape index (κ2) is 5.37. The van der Waals surface area contributed by atoms with Crippen LogP contribution in [0.5, 0.6) is 0 Å². The van der Waals surface area contributed by atoms with Crippen LogP contribution in [0.2, 0.25) is 0 Å². The van der Waals surface area contributed by atoms with Gasteiger partial charge in [-0.15, -0.1) is 6.58 Å². The smallest absolute Gasteiger partial charge is 0.0833 e. The lowest BCUT2D eigenvalue weighted by molar-refractivity contribution is -0.0989. The summed E-state index contributed by atoms with van der Waals surface area (Å²) in [5.41, 5.74) is 0.392. The van der Waals surface area contributed by atoms with E-state index in [0.29, 0.717) is 17.8 Å². The molecule has 2 nitrogen and oxygen atoms in total. The topological polar surface area (TPSA) is 44.0 Å². The van der Waals surface area contributed by atoms with E-state index in [4.69, 9.17) is 5.26 Å². The summed E-state index contributed by atoms with van der Waals surface area (Å²) in [5, 5.41) is 20.0. The zero-order valence-electron chi connectivity index (χ0n) is 12.9. The van der Waals surface area contributed by atoms with Crippen molar-refractivity contribution in [2.75, 3.05) is 0 Å². The van der Waals surface area contributed by atoms with E-state index in [1.807, 2.05) is 6.08 Å². The van der Waals surface area contributed by atoms with E-state index in [2.05, 4.69) is 33.1 Å². The molecule has 0 aromatic heterocycles. The van der Waals surface area contributed by atoms with Gasteiger partial charge in [-0.25, -0.2) is 0 Å². The van der Waals surface area contributed by atoms with Crippen molar-refractivity contribution in [3.63, 3.8) is 0 Å². The van der Waals surface area contributed by atoms with Gasteiger partial charge in [-0.1, -0.05) is 32.1 Å². The average molecular weight is 273 g/mol. The third-order valence-electron chi connectivity index (χ3n) is 6.30. The SMILES string of the molecule is C=CCC(=C)[C@H]1CC[C@@]2(C)[C@@H](CC[C@@]2(O)CC#N)[C@@H]1C. The molecule has 0 spiro atoms. The fourth-order valence-corrected chi connectivity index (χ4v) is 4.94. The minimum atomic E-state index is -0.786. The van der Waals surface area contributed by atoms with Crippen LogP contribution in [-0.4, -0.2) is 10.7 Å². The third kappa shape index (κ3) is 2.13. The Morgan fingerprint density at radius 1 is 1.45 bits per heavy atom. The molecule has 0 aromatic rings. The summed E-state index contributed by atoms with van der Waals surface area (Å²) in [6.07, 6.45) is 6.98. The van der Waals surface area contributed by atoms with Crippen molar-refractivity contribution in [2.24, 2.45) is 23.2 Å². The molecule has 0 amide bonds. The van der Waals surface area contributed by atoms with Crippen molar-refractivity contribution in [1.82, 2.24) is 0 Å². The lowest BCUT2D eigenvalue weighted by atomic mass is 9.55. The second-order valence-electron chi connectivity index (χ2n) is 7.08. The van der Waals surface area contributed by atoms with Crippen LogP contribution in [0.4, 0.5) is 0 Å². The Bertz CT molecular complexity index is 449. The summed E-state index contributed by atoms with van der Waals surface area (Å²) >= 11 is 0. The first-order valence-electron chi connectivity index (χ1n) is 7.77.